The minimum atomic E-state index is -1.26. The highest BCUT2D eigenvalue weighted by atomic mass is 19.1. The van der Waals surface area contributed by atoms with E-state index in [-0.39, 0.29) is 11.9 Å². The van der Waals surface area contributed by atoms with Crippen LogP contribution >= 0.6 is 0 Å². The molecular formula is C13H13F2NO5. The molecule has 1 aliphatic heterocycles. The molecule has 2 rings (SSSR count). The Hall–Kier alpha value is -2.48. The van der Waals surface area contributed by atoms with Gasteiger partial charge in [-0.1, -0.05) is 0 Å². The monoisotopic (exact) mass is 301 g/mol. The van der Waals surface area contributed by atoms with Crippen molar-refractivity contribution in [3.05, 3.63) is 42.0 Å². The number of hydrogen-bond donors (Lipinski definition) is 3. The molecule has 6 nitrogen and oxygen atoms in total. The van der Waals surface area contributed by atoms with Crippen LogP contribution in [0, 0.1) is 11.6 Å². The molecule has 1 fully saturated rings. The lowest BCUT2D eigenvalue weighted by atomic mass is 10.2. The molecule has 21 heavy (non-hydrogen) atoms. The Morgan fingerprint density at radius 3 is 1.90 bits per heavy atom. The average Bonchev–Trinajstić information content (AvgIpc) is 2.31. The molecule has 0 unspecified atom stereocenters. The summed E-state index contributed by atoms with van der Waals surface area (Å²) in [6, 6.07) is 3.19. The molecule has 1 aromatic rings. The van der Waals surface area contributed by atoms with Gasteiger partial charge in [-0.05, 0) is 0 Å². The smallest absolute Gasteiger partial charge is 0.328 e. The van der Waals surface area contributed by atoms with Gasteiger partial charge >= 0.3 is 11.9 Å². The first-order valence-electron chi connectivity index (χ1n) is 5.84. The molecule has 3 N–H and O–H groups in total. The van der Waals surface area contributed by atoms with Crippen LogP contribution in [0.2, 0.25) is 0 Å². The maximum Gasteiger partial charge on any atom is 0.328 e. The summed E-state index contributed by atoms with van der Waals surface area (Å²) in [6.07, 6.45) is 1.16. The van der Waals surface area contributed by atoms with E-state index in [2.05, 4.69) is 5.32 Å². The van der Waals surface area contributed by atoms with Gasteiger partial charge < -0.3 is 20.3 Å². The number of halogens is 2. The Kier molecular flexibility index (Phi) is 6.28. The standard InChI is InChI=1S/C9H9F2NO.C4H4O4/c10-6-1-7(11)3-8(2-6)13-9-4-12-5-9;5-3(6)1-2-4(7)8/h1-3,9,12H,4-5H2;1-2H,(H,5,6)(H,7,8)/b;2-1+. The van der Waals surface area contributed by atoms with Crippen LogP contribution in [-0.2, 0) is 9.59 Å². The van der Waals surface area contributed by atoms with Gasteiger partial charge in [0.25, 0.3) is 0 Å². The normalized spacial score (nSPS) is 14.0. The van der Waals surface area contributed by atoms with Crippen LogP contribution in [0.5, 0.6) is 5.75 Å². The van der Waals surface area contributed by atoms with E-state index in [0.717, 1.165) is 19.2 Å². The van der Waals surface area contributed by atoms with Crippen molar-refractivity contribution in [2.24, 2.45) is 0 Å². The van der Waals surface area contributed by atoms with Crippen LogP contribution in [0.15, 0.2) is 30.4 Å². The lowest BCUT2D eigenvalue weighted by molar-refractivity contribution is -0.134. The molecule has 0 bridgehead atoms. The van der Waals surface area contributed by atoms with E-state index in [1.54, 1.807) is 0 Å². The van der Waals surface area contributed by atoms with Crippen molar-refractivity contribution in [3.8, 4) is 5.75 Å². The number of hydrogen-bond acceptors (Lipinski definition) is 4. The molecule has 8 heteroatoms. The Labute approximate surface area is 118 Å². The summed E-state index contributed by atoms with van der Waals surface area (Å²) in [7, 11) is 0. The minimum absolute atomic E-state index is 0.0428. The average molecular weight is 301 g/mol. The molecule has 0 saturated carbocycles. The van der Waals surface area contributed by atoms with E-state index in [1.807, 2.05) is 0 Å². The lowest BCUT2D eigenvalue weighted by Gasteiger charge is -2.27. The van der Waals surface area contributed by atoms with Crippen molar-refractivity contribution in [3.63, 3.8) is 0 Å². The molecule has 114 valence electrons. The number of carboxylic acids is 2. The summed E-state index contributed by atoms with van der Waals surface area (Å²) in [5, 5.41) is 18.6. The maximum atomic E-state index is 12.7. The molecule has 0 spiro atoms. The summed E-state index contributed by atoms with van der Waals surface area (Å²) in [5.41, 5.74) is 0. The van der Waals surface area contributed by atoms with Crippen molar-refractivity contribution in [1.82, 2.24) is 5.32 Å². The number of carbonyl (C=O) groups is 2. The van der Waals surface area contributed by atoms with Crippen LogP contribution in [0.3, 0.4) is 0 Å². The Morgan fingerprint density at radius 1 is 1.10 bits per heavy atom. The number of ether oxygens (including phenoxy) is 1. The van der Waals surface area contributed by atoms with E-state index in [0.29, 0.717) is 12.2 Å². The fourth-order valence-corrected chi connectivity index (χ4v) is 1.28. The highest BCUT2D eigenvalue weighted by molar-refractivity contribution is 5.89. The molecule has 1 aliphatic rings. The molecule has 0 amide bonds. The first-order chi connectivity index (χ1) is 9.86. The molecule has 1 saturated heterocycles. The van der Waals surface area contributed by atoms with Gasteiger partial charge in [-0.25, -0.2) is 18.4 Å². The number of carboxylic acid groups (broad SMARTS) is 2. The van der Waals surface area contributed by atoms with Gasteiger partial charge in [0, 0.05) is 43.4 Å². The molecule has 0 atom stereocenters. The Morgan fingerprint density at radius 2 is 1.57 bits per heavy atom. The van der Waals surface area contributed by atoms with Crippen molar-refractivity contribution in [2.75, 3.05) is 13.1 Å². The number of benzene rings is 1. The third kappa shape index (κ3) is 7.02. The summed E-state index contributed by atoms with van der Waals surface area (Å²) in [5.74, 6) is -3.48. The third-order valence-corrected chi connectivity index (χ3v) is 2.25. The highest BCUT2D eigenvalue weighted by Gasteiger charge is 2.18. The van der Waals surface area contributed by atoms with E-state index in [9.17, 15) is 18.4 Å². The van der Waals surface area contributed by atoms with Crippen LogP contribution in [-0.4, -0.2) is 41.3 Å². The van der Waals surface area contributed by atoms with Crippen molar-refractivity contribution >= 4 is 11.9 Å². The Bertz CT molecular complexity index is 507. The van der Waals surface area contributed by atoms with Gasteiger partial charge in [0.2, 0.25) is 0 Å². The van der Waals surface area contributed by atoms with E-state index >= 15 is 0 Å². The summed E-state index contributed by atoms with van der Waals surface area (Å²) in [6.45, 7) is 1.47. The van der Waals surface area contributed by atoms with Crippen molar-refractivity contribution in [1.29, 1.82) is 0 Å². The zero-order chi connectivity index (χ0) is 15.8. The zero-order valence-corrected chi connectivity index (χ0v) is 10.8. The Balaban J connectivity index is 0.000000240. The van der Waals surface area contributed by atoms with Crippen molar-refractivity contribution < 1.29 is 33.3 Å². The first kappa shape index (κ1) is 16.6. The number of nitrogens with one attached hydrogen (secondary N) is 1. The second kappa shape index (κ2) is 7.95. The van der Waals surface area contributed by atoms with Crippen LogP contribution in [0.25, 0.3) is 0 Å². The molecule has 0 aromatic heterocycles. The fourth-order valence-electron chi connectivity index (χ4n) is 1.28. The predicted molar refractivity (Wildman–Crippen MR) is 68.1 cm³/mol. The van der Waals surface area contributed by atoms with E-state index in [4.69, 9.17) is 14.9 Å². The second-order valence-electron chi connectivity index (χ2n) is 4.01. The quantitative estimate of drug-likeness (QED) is 0.719. The van der Waals surface area contributed by atoms with Gasteiger partial charge in [-0.3, -0.25) is 0 Å². The lowest BCUT2D eigenvalue weighted by Crippen LogP contribution is -2.50. The van der Waals surface area contributed by atoms with E-state index < -0.39 is 23.6 Å². The number of rotatable bonds is 4. The third-order valence-electron chi connectivity index (χ3n) is 2.25. The molecule has 1 aromatic carbocycles. The second-order valence-corrected chi connectivity index (χ2v) is 4.01. The highest BCUT2D eigenvalue weighted by Crippen LogP contribution is 2.17. The molecule has 0 radical (unpaired) electrons. The molecule has 1 heterocycles. The predicted octanol–water partition coefficient (Wildman–Crippen LogP) is 1.03. The van der Waals surface area contributed by atoms with Gasteiger partial charge in [-0.15, -0.1) is 0 Å². The fraction of sp³-hybridized carbons (Fsp3) is 0.231. The first-order valence-corrected chi connectivity index (χ1v) is 5.84. The van der Waals surface area contributed by atoms with Gasteiger partial charge in [0.15, 0.2) is 0 Å². The van der Waals surface area contributed by atoms with Crippen LogP contribution in [0.4, 0.5) is 8.78 Å². The van der Waals surface area contributed by atoms with Crippen molar-refractivity contribution in [2.45, 2.75) is 6.10 Å². The molecular weight excluding hydrogens is 288 g/mol. The van der Waals surface area contributed by atoms with Gasteiger partial charge in [0.1, 0.15) is 23.5 Å². The van der Waals surface area contributed by atoms with Crippen LogP contribution in [0.1, 0.15) is 0 Å². The summed E-state index contributed by atoms with van der Waals surface area (Å²) < 4.78 is 30.6. The summed E-state index contributed by atoms with van der Waals surface area (Å²) in [4.78, 5) is 19.1. The topological polar surface area (TPSA) is 95.9 Å². The largest absolute Gasteiger partial charge is 0.488 e. The van der Waals surface area contributed by atoms with Crippen LogP contribution < -0.4 is 10.1 Å². The van der Waals surface area contributed by atoms with Gasteiger partial charge in [0.05, 0.1) is 0 Å². The zero-order valence-electron chi connectivity index (χ0n) is 10.8. The van der Waals surface area contributed by atoms with Gasteiger partial charge in [-0.2, -0.15) is 0 Å². The SMILES string of the molecule is Fc1cc(F)cc(OC2CNC2)c1.O=C(O)/C=C/C(=O)O. The summed E-state index contributed by atoms with van der Waals surface area (Å²) >= 11 is 0. The minimum Gasteiger partial charge on any atom is -0.488 e. The van der Waals surface area contributed by atoms with E-state index in [1.165, 1.54) is 12.1 Å². The maximum absolute atomic E-state index is 12.7. The number of aliphatic carboxylic acids is 2. The molecule has 0 aliphatic carbocycles.